The zero-order valence-corrected chi connectivity index (χ0v) is 23.9. The second kappa shape index (κ2) is 10.9. The minimum Gasteiger partial charge on any atom is -0.488 e. The Kier molecular flexibility index (Phi) is 7.03. The number of ether oxygens (including phenoxy) is 1. The second-order valence-corrected chi connectivity index (χ2v) is 10.6. The molecule has 0 N–H and O–H groups in total. The molecule has 0 saturated carbocycles. The van der Waals surface area contributed by atoms with Gasteiger partial charge in [0, 0.05) is 15.4 Å². The van der Waals surface area contributed by atoms with E-state index < -0.39 is 0 Å². The number of hydrogen-bond donors (Lipinski definition) is 0. The van der Waals surface area contributed by atoms with Crippen LogP contribution in [-0.4, -0.2) is 15.9 Å². The van der Waals surface area contributed by atoms with Crippen LogP contribution in [0.4, 0.5) is 0 Å². The molecule has 0 aliphatic rings. The summed E-state index contributed by atoms with van der Waals surface area (Å²) in [4.78, 5) is 18.2. The highest BCUT2D eigenvalue weighted by molar-refractivity contribution is 9.10. The van der Waals surface area contributed by atoms with E-state index in [0.29, 0.717) is 43.9 Å². The third-order valence-electron chi connectivity index (χ3n) is 6.25. The maximum atomic E-state index is 13.5. The quantitative estimate of drug-likeness (QED) is 0.172. The van der Waals surface area contributed by atoms with Gasteiger partial charge in [-0.25, -0.2) is 4.98 Å². The fraction of sp³-hybridized carbons (Fsp3) is 0.0323. The number of aromatic nitrogens is 2. The van der Waals surface area contributed by atoms with Crippen molar-refractivity contribution in [1.82, 2.24) is 9.66 Å². The van der Waals surface area contributed by atoms with Gasteiger partial charge in [-0.05, 0) is 82.2 Å². The first-order valence-corrected chi connectivity index (χ1v) is 13.7. The van der Waals surface area contributed by atoms with Crippen LogP contribution in [0.2, 0.25) is 0 Å². The van der Waals surface area contributed by atoms with Crippen molar-refractivity contribution in [2.45, 2.75) is 6.61 Å². The number of fused-ring (bicyclic) bond motifs is 2. The number of rotatable bonds is 6. The van der Waals surface area contributed by atoms with Crippen LogP contribution in [0, 0.1) is 11.3 Å². The minimum atomic E-state index is -0.311. The van der Waals surface area contributed by atoms with E-state index in [1.54, 1.807) is 36.5 Å². The molecule has 0 saturated heterocycles. The van der Waals surface area contributed by atoms with E-state index in [1.807, 2.05) is 60.7 Å². The van der Waals surface area contributed by atoms with Crippen molar-refractivity contribution >= 4 is 59.9 Å². The molecular formula is C31H18Br2N4O3. The van der Waals surface area contributed by atoms with Gasteiger partial charge in [-0.2, -0.15) is 15.0 Å². The van der Waals surface area contributed by atoms with Crippen LogP contribution in [0.25, 0.3) is 33.5 Å². The highest BCUT2D eigenvalue weighted by Crippen LogP contribution is 2.30. The average molecular weight is 654 g/mol. The Bertz CT molecular complexity index is 2040. The zero-order chi connectivity index (χ0) is 27.6. The van der Waals surface area contributed by atoms with E-state index in [9.17, 15) is 10.1 Å². The molecule has 0 aliphatic carbocycles. The molecule has 6 aromatic rings. The highest BCUT2D eigenvalue weighted by atomic mass is 79.9. The Morgan fingerprint density at radius 3 is 2.67 bits per heavy atom. The Hall–Kier alpha value is -4.52. The summed E-state index contributed by atoms with van der Waals surface area (Å²) in [5.41, 5.74) is 3.02. The van der Waals surface area contributed by atoms with Crippen LogP contribution >= 0.6 is 31.9 Å². The molecule has 6 rings (SSSR count). The van der Waals surface area contributed by atoms with Crippen LogP contribution < -0.4 is 10.3 Å². The predicted octanol–water partition coefficient (Wildman–Crippen LogP) is 7.67. The van der Waals surface area contributed by atoms with Crippen molar-refractivity contribution in [2.24, 2.45) is 5.10 Å². The zero-order valence-electron chi connectivity index (χ0n) is 20.7. The molecule has 0 unspecified atom stereocenters. The van der Waals surface area contributed by atoms with Gasteiger partial charge in [0.1, 0.15) is 17.9 Å². The molecule has 0 atom stereocenters. The van der Waals surface area contributed by atoms with Gasteiger partial charge < -0.3 is 9.15 Å². The topological polar surface area (TPSA) is 93.4 Å². The van der Waals surface area contributed by atoms with Crippen molar-refractivity contribution in [2.75, 3.05) is 0 Å². The van der Waals surface area contributed by atoms with Crippen LogP contribution in [-0.2, 0) is 6.61 Å². The normalized spacial score (nSPS) is 11.3. The molecule has 0 aliphatic heterocycles. The molecule has 0 fully saturated rings. The molecule has 2 heterocycles. The maximum Gasteiger partial charge on any atom is 0.282 e. The van der Waals surface area contributed by atoms with Crippen molar-refractivity contribution < 1.29 is 9.15 Å². The van der Waals surface area contributed by atoms with Crippen molar-refractivity contribution in [3.63, 3.8) is 0 Å². The summed E-state index contributed by atoms with van der Waals surface area (Å²) in [5, 5.41) is 15.2. The Morgan fingerprint density at radius 2 is 1.82 bits per heavy atom. The van der Waals surface area contributed by atoms with Crippen LogP contribution in [0.15, 0.2) is 114 Å². The van der Waals surface area contributed by atoms with Gasteiger partial charge in [0.15, 0.2) is 5.76 Å². The van der Waals surface area contributed by atoms with Crippen LogP contribution in [0.5, 0.6) is 5.75 Å². The van der Waals surface area contributed by atoms with E-state index >= 15 is 0 Å². The third kappa shape index (κ3) is 5.07. The maximum absolute atomic E-state index is 13.5. The molecular weight excluding hydrogens is 636 g/mol. The first-order valence-electron chi connectivity index (χ1n) is 12.2. The van der Waals surface area contributed by atoms with Crippen LogP contribution in [0.1, 0.15) is 16.7 Å². The number of furan rings is 1. The van der Waals surface area contributed by atoms with E-state index in [1.165, 1.54) is 4.68 Å². The summed E-state index contributed by atoms with van der Waals surface area (Å²) in [6.45, 7) is 0.255. The van der Waals surface area contributed by atoms with E-state index in [4.69, 9.17) is 14.1 Å². The summed E-state index contributed by atoms with van der Waals surface area (Å²) in [7, 11) is 0. The SMILES string of the molecule is N#Cc1ccccc1COc1ccc(C=Nn2c(-c3cc4cc(Br)ccc4o3)nc3ccccc3c2=O)cc1Br. The van der Waals surface area contributed by atoms with Crippen molar-refractivity contribution in [3.05, 3.63) is 127 Å². The smallest absolute Gasteiger partial charge is 0.282 e. The first-order chi connectivity index (χ1) is 19.5. The number of hydrogen-bond acceptors (Lipinski definition) is 6. The summed E-state index contributed by atoms with van der Waals surface area (Å²) in [6, 6.07) is 29.6. The van der Waals surface area contributed by atoms with Gasteiger partial charge in [-0.3, -0.25) is 4.79 Å². The van der Waals surface area contributed by atoms with Gasteiger partial charge in [-0.1, -0.05) is 46.3 Å². The van der Waals surface area contributed by atoms with Gasteiger partial charge in [-0.15, -0.1) is 0 Å². The van der Waals surface area contributed by atoms with Crippen molar-refractivity contribution in [3.8, 4) is 23.4 Å². The standard InChI is InChI=1S/C31H18Br2N4O3/c32-23-10-12-27-22(14-23)15-29(40-27)30-36-26-8-4-3-7-24(26)31(38)37(30)35-17-19-9-11-28(25(33)13-19)39-18-21-6-2-1-5-20(21)16-34/h1-15,17H,18H2. The molecule has 0 radical (unpaired) electrons. The largest absolute Gasteiger partial charge is 0.488 e. The number of para-hydroxylation sites is 1. The van der Waals surface area contributed by atoms with Gasteiger partial charge in [0.2, 0.25) is 5.82 Å². The Balaban J connectivity index is 1.35. The Morgan fingerprint density at radius 1 is 1.00 bits per heavy atom. The molecule has 0 spiro atoms. The highest BCUT2D eigenvalue weighted by Gasteiger charge is 2.16. The lowest BCUT2D eigenvalue weighted by Gasteiger charge is -2.10. The second-order valence-electron chi connectivity index (χ2n) is 8.85. The number of nitrogens with zero attached hydrogens (tertiary/aromatic N) is 4. The molecule has 194 valence electrons. The van der Waals surface area contributed by atoms with Gasteiger partial charge in [0.25, 0.3) is 5.56 Å². The Labute approximate surface area is 245 Å². The number of nitriles is 1. The molecule has 4 aromatic carbocycles. The summed E-state index contributed by atoms with van der Waals surface area (Å²) in [6.07, 6.45) is 1.58. The lowest BCUT2D eigenvalue weighted by Crippen LogP contribution is -2.20. The van der Waals surface area contributed by atoms with Gasteiger partial charge in [0.05, 0.1) is 33.2 Å². The average Bonchev–Trinajstić information content (AvgIpc) is 3.39. The molecule has 0 bridgehead atoms. The minimum absolute atomic E-state index is 0.255. The summed E-state index contributed by atoms with van der Waals surface area (Å²) in [5.74, 6) is 1.33. The molecule has 2 aromatic heterocycles. The predicted molar refractivity (Wildman–Crippen MR) is 162 cm³/mol. The van der Waals surface area contributed by atoms with E-state index in [2.05, 4.69) is 43.0 Å². The lowest BCUT2D eigenvalue weighted by atomic mass is 10.1. The lowest BCUT2D eigenvalue weighted by molar-refractivity contribution is 0.304. The van der Waals surface area contributed by atoms with Gasteiger partial charge >= 0.3 is 0 Å². The summed E-state index contributed by atoms with van der Waals surface area (Å²) < 4.78 is 14.9. The molecule has 40 heavy (non-hydrogen) atoms. The fourth-order valence-corrected chi connectivity index (χ4v) is 5.15. The number of benzene rings is 4. The molecule has 7 nitrogen and oxygen atoms in total. The van der Waals surface area contributed by atoms with Crippen molar-refractivity contribution in [1.29, 1.82) is 5.26 Å². The third-order valence-corrected chi connectivity index (χ3v) is 7.36. The molecule has 0 amide bonds. The van der Waals surface area contributed by atoms with Crippen LogP contribution in [0.3, 0.4) is 0 Å². The molecule has 9 heteroatoms. The number of halogens is 2. The monoisotopic (exact) mass is 652 g/mol. The van der Waals surface area contributed by atoms with E-state index in [-0.39, 0.29) is 12.2 Å². The first kappa shape index (κ1) is 25.7. The fourth-order valence-electron chi connectivity index (χ4n) is 4.26. The summed E-state index contributed by atoms with van der Waals surface area (Å²) >= 11 is 7.04. The van der Waals surface area contributed by atoms with E-state index in [0.717, 1.165) is 21.0 Å².